The highest BCUT2D eigenvalue weighted by atomic mass is 19.2. The van der Waals surface area contributed by atoms with E-state index in [1.807, 2.05) is 25.1 Å². The summed E-state index contributed by atoms with van der Waals surface area (Å²) in [6, 6.07) is 14.0. The number of rotatable bonds is 5. The predicted octanol–water partition coefficient (Wildman–Crippen LogP) is 8.77. The molecule has 0 aliphatic heterocycles. The molecule has 172 valence electrons. The molecule has 3 aromatic carbocycles. The highest BCUT2D eigenvalue weighted by Crippen LogP contribution is 2.39. The summed E-state index contributed by atoms with van der Waals surface area (Å²) in [7, 11) is 0. The van der Waals surface area contributed by atoms with Gasteiger partial charge in [-0.25, -0.2) is 17.6 Å². The van der Waals surface area contributed by atoms with Crippen molar-refractivity contribution in [1.82, 2.24) is 0 Å². The number of hydrogen-bond donors (Lipinski definition) is 0. The normalized spacial score (nSPS) is 18.7. The Hall–Kier alpha value is -2.88. The van der Waals surface area contributed by atoms with E-state index in [9.17, 15) is 17.6 Å². The van der Waals surface area contributed by atoms with Gasteiger partial charge < -0.3 is 0 Å². The summed E-state index contributed by atoms with van der Waals surface area (Å²) in [5.41, 5.74) is 3.03. The minimum Gasteiger partial charge on any atom is -0.203 e. The molecular weight excluding hydrogens is 424 g/mol. The standard InChI is InChI=1S/C29H28F4/c1-3-20-14-15-23(27(31)26(20)30)13-8-19-6-11-22(12-7-19)25-17-16-24(28(32)29(25)33)21-9-4-18(2)5-10-21/h4-5,8-10,13-17,19,22H,3,6-7,11-12H2,1-2H3. The Bertz CT molecular complexity index is 1150. The molecule has 0 spiro atoms. The molecule has 0 atom stereocenters. The second-order valence-corrected chi connectivity index (χ2v) is 8.96. The number of aryl methyl sites for hydroxylation is 2. The second-order valence-electron chi connectivity index (χ2n) is 8.96. The van der Waals surface area contributed by atoms with Crippen molar-refractivity contribution in [3.8, 4) is 11.1 Å². The minimum absolute atomic E-state index is 0.0470. The maximum Gasteiger partial charge on any atom is 0.166 e. The minimum atomic E-state index is -0.814. The van der Waals surface area contributed by atoms with Crippen LogP contribution in [0.1, 0.15) is 60.8 Å². The van der Waals surface area contributed by atoms with Gasteiger partial charge in [0.1, 0.15) is 0 Å². The predicted molar refractivity (Wildman–Crippen MR) is 126 cm³/mol. The quantitative estimate of drug-likeness (QED) is 0.339. The van der Waals surface area contributed by atoms with E-state index in [1.165, 1.54) is 0 Å². The van der Waals surface area contributed by atoms with Crippen molar-refractivity contribution in [3.05, 3.63) is 100 Å². The van der Waals surface area contributed by atoms with E-state index < -0.39 is 23.3 Å². The van der Waals surface area contributed by atoms with Gasteiger partial charge in [-0.1, -0.05) is 73.2 Å². The molecule has 0 N–H and O–H groups in total. The van der Waals surface area contributed by atoms with Crippen LogP contribution in [-0.2, 0) is 6.42 Å². The van der Waals surface area contributed by atoms with Crippen molar-refractivity contribution in [1.29, 1.82) is 0 Å². The molecule has 1 fully saturated rings. The van der Waals surface area contributed by atoms with Crippen LogP contribution in [0.2, 0.25) is 0 Å². The molecule has 0 amide bonds. The second kappa shape index (κ2) is 9.94. The van der Waals surface area contributed by atoms with Gasteiger partial charge in [0.05, 0.1) is 0 Å². The Morgan fingerprint density at radius 2 is 1.45 bits per heavy atom. The fourth-order valence-electron chi connectivity index (χ4n) is 4.70. The summed E-state index contributed by atoms with van der Waals surface area (Å²) >= 11 is 0. The molecule has 0 saturated heterocycles. The van der Waals surface area contributed by atoms with Gasteiger partial charge in [-0.15, -0.1) is 0 Å². The lowest BCUT2D eigenvalue weighted by atomic mass is 9.78. The van der Waals surface area contributed by atoms with Crippen molar-refractivity contribution in [3.63, 3.8) is 0 Å². The Morgan fingerprint density at radius 3 is 2.12 bits per heavy atom. The lowest BCUT2D eigenvalue weighted by molar-refractivity contribution is 0.365. The highest BCUT2D eigenvalue weighted by molar-refractivity contribution is 5.65. The average molecular weight is 453 g/mol. The first kappa shape index (κ1) is 23.3. The molecular formula is C29H28F4. The lowest BCUT2D eigenvalue weighted by Gasteiger charge is -2.27. The van der Waals surface area contributed by atoms with Gasteiger partial charge >= 0.3 is 0 Å². The molecule has 1 aliphatic carbocycles. The van der Waals surface area contributed by atoms with E-state index in [0.717, 1.165) is 31.2 Å². The summed E-state index contributed by atoms with van der Waals surface area (Å²) in [4.78, 5) is 0. The summed E-state index contributed by atoms with van der Waals surface area (Å²) in [5.74, 6) is -3.00. The third-order valence-electron chi connectivity index (χ3n) is 6.81. The zero-order valence-corrected chi connectivity index (χ0v) is 19.0. The zero-order valence-electron chi connectivity index (χ0n) is 19.0. The monoisotopic (exact) mass is 452 g/mol. The fourth-order valence-corrected chi connectivity index (χ4v) is 4.70. The van der Waals surface area contributed by atoms with Crippen molar-refractivity contribution in [2.24, 2.45) is 5.92 Å². The number of benzene rings is 3. The Kier molecular flexibility index (Phi) is 7.02. The van der Waals surface area contributed by atoms with Crippen molar-refractivity contribution < 1.29 is 17.6 Å². The SMILES string of the molecule is CCc1ccc(C=CC2CCC(c3ccc(-c4ccc(C)cc4)c(F)c3F)CC2)c(F)c1F. The summed E-state index contributed by atoms with van der Waals surface area (Å²) in [5, 5.41) is 0. The van der Waals surface area contributed by atoms with Crippen molar-refractivity contribution >= 4 is 6.08 Å². The Labute approximate surface area is 193 Å². The first-order valence-electron chi connectivity index (χ1n) is 11.6. The Balaban J connectivity index is 1.44. The molecule has 4 rings (SSSR count). The molecule has 0 bridgehead atoms. The molecule has 0 heterocycles. The molecule has 0 radical (unpaired) electrons. The molecule has 1 saturated carbocycles. The van der Waals surface area contributed by atoms with Crippen LogP contribution < -0.4 is 0 Å². The number of allylic oxidation sites excluding steroid dienone is 1. The van der Waals surface area contributed by atoms with E-state index in [-0.39, 0.29) is 23.0 Å². The lowest BCUT2D eigenvalue weighted by Crippen LogP contribution is -2.13. The van der Waals surface area contributed by atoms with Gasteiger partial charge in [-0.3, -0.25) is 0 Å². The maximum absolute atomic E-state index is 15.0. The topological polar surface area (TPSA) is 0 Å². The molecule has 0 aromatic heterocycles. The van der Waals surface area contributed by atoms with Crippen LogP contribution >= 0.6 is 0 Å². The third-order valence-corrected chi connectivity index (χ3v) is 6.81. The van der Waals surface area contributed by atoms with Crippen LogP contribution in [-0.4, -0.2) is 0 Å². The van der Waals surface area contributed by atoms with E-state index >= 15 is 0 Å². The van der Waals surface area contributed by atoms with Gasteiger partial charge in [0.2, 0.25) is 0 Å². The van der Waals surface area contributed by atoms with Crippen LogP contribution in [0.25, 0.3) is 17.2 Å². The van der Waals surface area contributed by atoms with E-state index in [0.29, 0.717) is 23.1 Å². The van der Waals surface area contributed by atoms with Crippen molar-refractivity contribution in [2.75, 3.05) is 0 Å². The van der Waals surface area contributed by atoms with E-state index in [1.54, 1.807) is 49.4 Å². The fraction of sp³-hybridized carbons (Fsp3) is 0.310. The van der Waals surface area contributed by atoms with Gasteiger partial charge in [-0.2, -0.15) is 0 Å². The van der Waals surface area contributed by atoms with Crippen LogP contribution in [0.5, 0.6) is 0 Å². The molecule has 33 heavy (non-hydrogen) atoms. The highest BCUT2D eigenvalue weighted by Gasteiger charge is 2.26. The van der Waals surface area contributed by atoms with Crippen LogP contribution in [0.4, 0.5) is 17.6 Å². The van der Waals surface area contributed by atoms with E-state index in [4.69, 9.17) is 0 Å². The van der Waals surface area contributed by atoms with Crippen LogP contribution in [0.3, 0.4) is 0 Å². The number of hydrogen-bond acceptors (Lipinski definition) is 0. The summed E-state index contributed by atoms with van der Waals surface area (Å²) in [6.45, 7) is 3.74. The van der Waals surface area contributed by atoms with Gasteiger partial charge in [0.25, 0.3) is 0 Å². The smallest absolute Gasteiger partial charge is 0.166 e. The Morgan fingerprint density at radius 1 is 0.758 bits per heavy atom. The maximum atomic E-state index is 15.0. The third kappa shape index (κ3) is 4.90. The van der Waals surface area contributed by atoms with Gasteiger partial charge in [0, 0.05) is 11.1 Å². The molecule has 0 unspecified atom stereocenters. The van der Waals surface area contributed by atoms with E-state index in [2.05, 4.69) is 0 Å². The molecule has 1 aliphatic rings. The van der Waals surface area contributed by atoms with Crippen LogP contribution in [0, 0.1) is 36.1 Å². The number of halogens is 4. The zero-order chi connectivity index (χ0) is 23.5. The van der Waals surface area contributed by atoms with Gasteiger partial charge in [-0.05, 0) is 67.6 Å². The first-order valence-corrected chi connectivity index (χ1v) is 11.6. The van der Waals surface area contributed by atoms with Crippen LogP contribution in [0.15, 0.2) is 54.6 Å². The first-order chi connectivity index (χ1) is 15.9. The molecule has 3 aromatic rings. The largest absolute Gasteiger partial charge is 0.203 e. The average Bonchev–Trinajstić information content (AvgIpc) is 2.83. The summed E-state index contributed by atoms with van der Waals surface area (Å²) in [6.07, 6.45) is 7.02. The molecule has 0 nitrogen and oxygen atoms in total. The van der Waals surface area contributed by atoms with Crippen molar-refractivity contribution in [2.45, 2.75) is 51.9 Å². The van der Waals surface area contributed by atoms with Gasteiger partial charge in [0.15, 0.2) is 23.3 Å². The molecule has 4 heteroatoms. The summed E-state index contributed by atoms with van der Waals surface area (Å²) < 4.78 is 58.1.